The van der Waals surface area contributed by atoms with E-state index in [2.05, 4.69) is 22.5 Å². The van der Waals surface area contributed by atoms with E-state index in [0.29, 0.717) is 13.2 Å². The summed E-state index contributed by atoms with van der Waals surface area (Å²) in [6.07, 6.45) is 11.6. The number of guanidine groups is 1. The van der Waals surface area contributed by atoms with Crippen molar-refractivity contribution in [3.8, 4) is 0 Å². The number of hydrogen-bond acceptors (Lipinski definition) is 4. The Morgan fingerprint density at radius 2 is 1.56 bits per heavy atom. The van der Waals surface area contributed by atoms with E-state index in [9.17, 15) is 8.42 Å². The molecule has 0 rings (SSSR count). The molecule has 6 nitrogen and oxygen atoms in total. The molecule has 0 unspecified atom stereocenters. The van der Waals surface area contributed by atoms with Gasteiger partial charge in [0.25, 0.3) is 0 Å². The molecular weight excluding hydrogens is 338 g/mol. The molecule has 0 radical (unpaired) electrons. The van der Waals surface area contributed by atoms with E-state index in [1.165, 1.54) is 51.2 Å². The molecule has 0 aromatic carbocycles. The molecule has 0 aromatic rings. The van der Waals surface area contributed by atoms with Crippen molar-refractivity contribution in [1.29, 1.82) is 0 Å². The van der Waals surface area contributed by atoms with E-state index in [1.54, 1.807) is 0 Å². The van der Waals surface area contributed by atoms with Gasteiger partial charge in [-0.15, -0.1) is 0 Å². The van der Waals surface area contributed by atoms with Crippen LogP contribution in [0.2, 0.25) is 0 Å². The van der Waals surface area contributed by atoms with Crippen molar-refractivity contribution in [3.63, 3.8) is 0 Å². The van der Waals surface area contributed by atoms with Gasteiger partial charge in [0.05, 0.1) is 19.0 Å². The summed E-state index contributed by atoms with van der Waals surface area (Å²) >= 11 is 0. The van der Waals surface area contributed by atoms with Crippen LogP contribution >= 0.6 is 0 Å². The van der Waals surface area contributed by atoms with Crippen molar-refractivity contribution in [3.05, 3.63) is 0 Å². The highest BCUT2D eigenvalue weighted by Crippen LogP contribution is 2.08. The van der Waals surface area contributed by atoms with Crippen molar-refractivity contribution in [1.82, 2.24) is 10.6 Å². The molecule has 7 heteroatoms. The van der Waals surface area contributed by atoms with Gasteiger partial charge in [0.2, 0.25) is 0 Å². The predicted octanol–water partition coefficient (Wildman–Crippen LogP) is 2.74. The standard InChI is InChI=1S/C18H39N3O3S/c1-4-6-7-8-9-10-11-12-13-20-18(19-5-2)21-14-15-24-16-17-25(3,22)23/h4-17H2,1-3H3,(H2,19,20,21). The zero-order valence-electron chi connectivity index (χ0n) is 16.5. The Morgan fingerprint density at radius 1 is 0.920 bits per heavy atom. The average molecular weight is 378 g/mol. The third kappa shape index (κ3) is 19.4. The van der Waals surface area contributed by atoms with Crippen molar-refractivity contribution in [2.24, 2.45) is 4.99 Å². The maximum Gasteiger partial charge on any atom is 0.191 e. The van der Waals surface area contributed by atoms with Crippen LogP contribution in [-0.4, -0.2) is 59.2 Å². The monoisotopic (exact) mass is 377 g/mol. The number of unbranched alkanes of at least 4 members (excludes halogenated alkanes) is 7. The lowest BCUT2D eigenvalue weighted by atomic mass is 10.1. The lowest BCUT2D eigenvalue weighted by Crippen LogP contribution is -2.39. The topological polar surface area (TPSA) is 79.8 Å². The molecule has 0 aliphatic rings. The second kappa shape index (κ2) is 16.6. The highest BCUT2D eigenvalue weighted by molar-refractivity contribution is 7.90. The number of aliphatic imine (C=N–C) groups is 1. The zero-order valence-corrected chi connectivity index (χ0v) is 17.3. The van der Waals surface area contributed by atoms with Gasteiger partial charge >= 0.3 is 0 Å². The molecule has 0 atom stereocenters. The average Bonchev–Trinajstić information content (AvgIpc) is 2.55. The van der Waals surface area contributed by atoms with E-state index in [1.807, 2.05) is 6.92 Å². The van der Waals surface area contributed by atoms with E-state index in [4.69, 9.17) is 4.74 Å². The molecule has 0 spiro atoms. The summed E-state index contributed by atoms with van der Waals surface area (Å²) < 4.78 is 27.3. The fourth-order valence-corrected chi connectivity index (χ4v) is 2.75. The molecule has 2 N–H and O–H groups in total. The first kappa shape index (κ1) is 24.2. The summed E-state index contributed by atoms with van der Waals surface area (Å²) in [6.45, 7) is 7.26. The molecule has 0 aliphatic heterocycles. The van der Waals surface area contributed by atoms with Crippen LogP contribution in [0.3, 0.4) is 0 Å². The molecule has 0 aromatic heterocycles. The van der Waals surface area contributed by atoms with Gasteiger partial charge in [-0.2, -0.15) is 0 Å². The first-order chi connectivity index (χ1) is 12.0. The van der Waals surface area contributed by atoms with E-state index >= 15 is 0 Å². The summed E-state index contributed by atoms with van der Waals surface area (Å²) in [5, 5.41) is 6.42. The SMILES string of the molecule is CCCCCCCCCCN=C(NCC)NCCOCCS(C)(=O)=O. The second-order valence-corrected chi connectivity index (χ2v) is 8.66. The first-order valence-corrected chi connectivity index (χ1v) is 11.8. The van der Waals surface area contributed by atoms with Crippen molar-refractivity contribution >= 4 is 15.8 Å². The largest absolute Gasteiger partial charge is 0.379 e. The quantitative estimate of drug-likeness (QED) is 0.246. The molecule has 0 amide bonds. The molecule has 0 bridgehead atoms. The number of hydrogen-bond donors (Lipinski definition) is 2. The lowest BCUT2D eigenvalue weighted by Gasteiger charge is -2.11. The van der Waals surface area contributed by atoms with Crippen LogP contribution in [0.25, 0.3) is 0 Å². The maximum atomic E-state index is 11.0. The van der Waals surface area contributed by atoms with E-state index in [-0.39, 0.29) is 12.4 Å². The summed E-state index contributed by atoms with van der Waals surface area (Å²) in [6, 6.07) is 0. The van der Waals surface area contributed by atoms with Crippen LogP contribution in [0.4, 0.5) is 0 Å². The third-order valence-electron chi connectivity index (χ3n) is 3.76. The minimum Gasteiger partial charge on any atom is -0.379 e. The maximum absolute atomic E-state index is 11.0. The lowest BCUT2D eigenvalue weighted by molar-refractivity contribution is 0.154. The Balaban J connectivity index is 3.69. The molecule has 0 fully saturated rings. The second-order valence-electron chi connectivity index (χ2n) is 6.40. The number of sulfone groups is 1. The van der Waals surface area contributed by atoms with Gasteiger partial charge in [-0.1, -0.05) is 51.9 Å². The summed E-state index contributed by atoms with van der Waals surface area (Å²) in [4.78, 5) is 4.56. The van der Waals surface area contributed by atoms with Crippen LogP contribution in [-0.2, 0) is 14.6 Å². The highest BCUT2D eigenvalue weighted by atomic mass is 32.2. The Kier molecular flexibility index (Phi) is 16.1. The smallest absolute Gasteiger partial charge is 0.191 e. The Hall–Kier alpha value is -0.820. The molecule has 0 saturated heterocycles. The van der Waals surface area contributed by atoms with Crippen LogP contribution < -0.4 is 10.6 Å². The summed E-state index contributed by atoms with van der Waals surface area (Å²) in [5.74, 6) is 0.872. The van der Waals surface area contributed by atoms with Gasteiger partial charge in [0.15, 0.2) is 5.96 Å². The molecule has 0 heterocycles. The minimum absolute atomic E-state index is 0.0690. The Labute approximate surface area is 155 Å². The third-order valence-corrected chi connectivity index (χ3v) is 4.67. The molecule has 150 valence electrons. The van der Waals surface area contributed by atoms with Crippen molar-refractivity contribution in [2.45, 2.75) is 65.2 Å². The molecule has 0 saturated carbocycles. The van der Waals surface area contributed by atoms with Crippen molar-refractivity contribution < 1.29 is 13.2 Å². The first-order valence-electron chi connectivity index (χ1n) is 9.77. The Morgan fingerprint density at radius 3 is 2.16 bits per heavy atom. The summed E-state index contributed by atoms with van der Waals surface area (Å²) in [5.41, 5.74) is 0. The van der Waals surface area contributed by atoms with Gasteiger partial charge in [-0.3, -0.25) is 4.99 Å². The normalized spacial score (nSPS) is 12.4. The van der Waals surface area contributed by atoms with E-state index in [0.717, 1.165) is 25.5 Å². The number of nitrogens with one attached hydrogen (secondary N) is 2. The number of nitrogens with zero attached hydrogens (tertiary/aromatic N) is 1. The number of ether oxygens (including phenoxy) is 1. The van der Waals surface area contributed by atoms with Crippen LogP contribution in [0.1, 0.15) is 65.2 Å². The van der Waals surface area contributed by atoms with Crippen LogP contribution in [0, 0.1) is 0 Å². The van der Waals surface area contributed by atoms with Gasteiger partial charge in [0, 0.05) is 25.9 Å². The minimum atomic E-state index is -2.94. The van der Waals surface area contributed by atoms with Gasteiger partial charge in [0.1, 0.15) is 9.84 Å². The molecular formula is C18H39N3O3S. The fourth-order valence-electron chi connectivity index (χ4n) is 2.33. The van der Waals surface area contributed by atoms with Gasteiger partial charge < -0.3 is 15.4 Å². The zero-order chi connectivity index (χ0) is 18.8. The molecule has 25 heavy (non-hydrogen) atoms. The predicted molar refractivity (Wildman–Crippen MR) is 107 cm³/mol. The fraction of sp³-hybridized carbons (Fsp3) is 0.944. The van der Waals surface area contributed by atoms with Gasteiger partial charge in [-0.05, 0) is 13.3 Å². The Bertz CT molecular complexity index is 425. The van der Waals surface area contributed by atoms with Crippen LogP contribution in [0.5, 0.6) is 0 Å². The number of rotatable bonds is 16. The summed E-state index contributed by atoms with van der Waals surface area (Å²) in [7, 11) is -2.94. The van der Waals surface area contributed by atoms with Crippen LogP contribution in [0.15, 0.2) is 4.99 Å². The van der Waals surface area contributed by atoms with E-state index < -0.39 is 9.84 Å². The van der Waals surface area contributed by atoms with Crippen molar-refractivity contribution in [2.75, 3.05) is 44.9 Å². The highest BCUT2D eigenvalue weighted by Gasteiger charge is 2.01. The molecule has 0 aliphatic carbocycles. The van der Waals surface area contributed by atoms with Gasteiger partial charge in [-0.25, -0.2) is 8.42 Å².